The van der Waals surface area contributed by atoms with Crippen molar-refractivity contribution in [2.24, 2.45) is 4.99 Å². The summed E-state index contributed by atoms with van der Waals surface area (Å²) in [5.74, 6) is 0.499. The molecule has 1 unspecified atom stereocenters. The molecule has 1 atom stereocenters. The molecule has 0 saturated carbocycles. The summed E-state index contributed by atoms with van der Waals surface area (Å²) >= 11 is 0. The molecule has 1 aromatic rings. The predicted octanol–water partition coefficient (Wildman–Crippen LogP) is 3.12. The molecular weight excluding hydrogens is 538 g/mol. The summed E-state index contributed by atoms with van der Waals surface area (Å²) in [4.78, 5) is 19.0. The lowest BCUT2D eigenvalue weighted by Gasteiger charge is -2.35. The minimum Gasteiger partial charge on any atom is -0.376 e. The number of ether oxygens (including phenoxy) is 2. The minimum absolute atomic E-state index is 0. The molecule has 33 heavy (non-hydrogen) atoms. The smallest absolute Gasteiger partial charge is 0.224 e. The van der Waals surface area contributed by atoms with Crippen molar-refractivity contribution < 1.29 is 18.7 Å². The van der Waals surface area contributed by atoms with Gasteiger partial charge in [-0.15, -0.1) is 24.0 Å². The quantitative estimate of drug-likeness (QED) is 0.205. The summed E-state index contributed by atoms with van der Waals surface area (Å²) in [5.41, 5.74) is 0.792. The van der Waals surface area contributed by atoms with E-state index in [2.05, 4.69) is 27.4 Å². The monoisotopic (exact) mass is 576 g/mol. The fourth-order valence-electron chi connectivity index (χ4n) is 4.05. The number of halogens is 2. The van der Waals surface area contributed by atoms with E-state index in [1.54, 1.807) is 12.1 Å². The van der Waals surface area contributed by atoms with Crippen molar-refractivity contribution in [1.82, 2.24) is 15.5 Å². The molecule has 2 saturated heterocycles. The number of nitrogens with one attached hydrogen (secondary N) is 2. The van der Waals surface area contributed by atoms with Gasteiger partial charge < -0.3 is 25.0 Å². The first kappa shape index (κ1) is 27.8. The highest BCUT2D eigenvalue weighted by molar-refractivity contribution is 14.0. The molecule has 1 aromatic carbocycles. The van der Waals surface area contributed by atoms with Gasteiger partial charge in [-0.3, -0.25) is 9.79 Å². The molecule has 2 aliphatic rings. The number of nitrogens with zero attached hydrogens (tertiary/aromatic N) is 2. The average Bonchev–Trinajstić information content (AvgIpc) is 2.82. The largest absolute Gasteiger partial charge is 0.376 e. The van der Waals surface area contributed by atoms with E-state index in [1.165, 1.54) is 25.0 Å². The third kappa shape index (κ3) is 10.1. The number of rotatable bonds is 9. The van der Waals surface area contributed by atoms with Gasteiger partial charge in [0.2, 0.25) is 5.91 Å². The van der Waals surface area contributed by atoms with Crippen LogP contribution < -0.4 is 10.6 Å². The highest BCUT2D eigenvalue weighted by Crippen LogP contribution is 2.18. The van der Waals surface area contributed by atoms with Crippen LogP contribution >= 0.6 is 24.0 Å². The van der Waals surface area contributed by atoms with Crippen LogP contribution in [0.15, 0.2) is 29.3 Å². The first-order chi connectivity index (χ1) is 15.6. The summed E-state index contributed by atoms with van der Waals surface area (Å²) in [5, 5.41) is 6.23. The fourth-order valence-corrected chi connectivity index (χ4v) is 4.05. The molecule has 186 valence electrons. The molecule has 0 aromatic heterocycles. The Morgan fingerprint density at radius 2 is 1.94 bits per heavy atom. The first-order valence-corrected chi connectivity index (χ1v) is 11.9. The lowest BCUT2D eigenvalue weighted by molar-refractivity contribution is -0.120. The number of hydrogen-bond acceptors (Lipinski definition) is 4. The van der Waals surface area contributed by atoms with E-state index in [4.69, 9.17) is 9.47 Å². The van der Waals surface area contributed by atoms with Gasteiger partial charge in [-0.05, 0) is 56.7 Å². The molecule has 9 heteroatoms. The summed E-state index contributed by atoms with van der Waals surface area (Å²) in [6.45, 7) is 7.20. The van der Waals surface area contributed by atoms with Crippen LogP contribution in [0.25, 0.3) is 0 Å². The van der Waals surface area contributed by atoms with Gasteiger partial charge in [0, 0.05) is 32.8 Å². The first-order valence-electron chi connectivity index (χ1n) is 11.9. The lowest BCUT2D eigenvalue weighted by atomic mass is 10.1. The van der Waals surface area contributed by atoms with E-state index in [1.807, 2.05) is 0 Å². The number of hydrogen-bond donors (Lipinski definition) is 2. The van der Waals surface area contributed by atoms with Crippen LogP contribution in [0.4, 0.5) is 4.39 Å². The molecule has 0 spiro atoms. The molecule has 7 nitrogen and oxygen atoms in total. The molecule has 2 heterocycles. The summed E-state index contributed by atoms with van der Waals surface area (Å²) in [7, 11) is 0. The van der Waals surface area contributed by atoms with Gasteiger partial charge >= 0.3 is 0 Å². The van der Waals surface area contributed by atoms with Crippen LogP contribution in [-0.4, -0.2) is 74.9 Å². The number of piperidine rings is 1. The van der Waals surface area contributed by atoms with Crippen molar-refractivity contribution >= 4 is 35.8 Å². The Morgan fingerprint density at radius 3 is 2.61 bits per heavy atom. The number of amides is 1. The van der Waals surface area contributed by atoms with Gasteiger partial charge in [-0.2, -0.15) is 0 Å². The average molecular weight is 576 g/mol. The van der Waals surface area contributed by atoms with Crippen LogP contribution in [0, 0.1) is 5.82 Å². The maximum absolute atomic E-state index is 13.0. The van der Waals surface area contributed by atoms with Gasteiger partial charge in [0.25, 0.3) is 0 Å². The van der Waals surface area contributed by atoms with E-state index in [9.17, 15) is 9.18 Å². The van der Waals surface area contributed by atoms with Crippen LogP contribution in [0.5, 0.6) is 0 Å². The SMILES string of the molecule is CCNC(=NCCNC(=O)Cc1ccc(F)cc1)N1CCC(OCC2CCCCO2)CC1.I. The van der Waals surface area contributed by atoms with Crippen molar-refractivity contribution in [3.05, 3.63) is 35.6 Å². The zero-order chi connectivity index (χ0) is 22.6. The van der Waals surface area contributed by atoms with Crippen molar-refractivity contribution in [3.63, 3.8) is 0 Å². The highest BCUT2D eigenvalue weighted by atomic mass is 127. The topological polar surface area (TPSA) is 75.2 Å². The van der Waals surface area contributed by atoms with E-state index in [0.29, 0.717) is 19.7 Å². The zero-order valence-electron chi connectivity index (χ0n) is 19.6. The fraction of sp³-hybridized carbons (Fsp3) is 0.667. The third-order valence-electron chi connectivity index (χ3n) is 5.84. The molecule has 0 radical (unpaired) electrons. The van der Waals surface area contributed by atoms with Crippen LogP contribution in [-0.2, 0) is 20.7 Å². The number of guanidine groups is 1. The molecule has 2 N–H and O–H groups in total. The van der Waals surface area contributed by atoms with Crippen molar-refractivity contribution in [1.29, 1.82) is 0 Å². The number of aliphatic imine (C=N–C) groups is 1. The van der Waals surface area contributed by atoms with E-state index >= 15 is 0 Å². The second-order valence-corrected chi connectivity index (χ2v) is 8.40. The Hall–Kier alpha value is -1.46. The number of likely N-dealkylation sites (tertiary alicyclic amines) is 1. The van der Waals surface area contributed by atoms with Gasteiger partial charge in [-0.25, -0.2) is 4.39 Å². The second-order valence-electron chi connectivity index (χ2n) is 8.40. The van der Waals surface area contributed by atoms with Crippen molar-refractivity contribution in [3.8, 4) is 0 Å². The Bertz CT molecular complexity index is 721. The highest BCUT2D eigenvalue weighted by Gasteiger charge is 2.23. The number of benzene rings is 1. The van der Waals surface area contributed by atoms with Crippen molar-refractivity contribution in [2.45, 2.75) is 57.7 Å². The summed E-state index contributed by atoms with van der Waals surface area (Å²) in [6, 6.07) is 6.00. The standard InChI is InChI=1S/C24H37FN4O3.HI/c1-2-26-24(28-13-12-27-23(30)17-19-6-8-20(25)9-7-19)29-14-10-21(11-15-29)32-18-22-5-3-4-16-31-22;/h6-9,21-22H,2-5,10-18H2,1H3,(H,26,28)(H,27,30);1H. The lowest BCUT2D eigenvalue weighted by Crippen LogP contribution is -2.47. The van der Waals surface area contributed by atoms with Gasteiger partial charge in [0.05, 0.1) is 31.8 Å². The van der Waals surface area contributed by atoms with Gasteiger partial charge in [0.1, 0.15) is 5.82 Å². The Kier molecular flexibility index (Phi) is 13.0. The zero-order valence-corrected chi connectivity index (χ0v) is 21.9. The molecule has 2 aliphatic heterocycles. The van der Waals surface area contributed by atoms with E-state index < -0.39 is 0 Å². The molecule has 2 fully saturated rings. The molecule has 0 bridgehead atoms. The maximum Gasteiger partial charge on any atom is 0.224 e. The molecule has 0 aliphatic carbocycles. The van der Waals surface area contributed by atoms with Gasteiger partial charge in [-0.1, -0.05) is 12.1 Å². The van der Waals surface area contributed by atoms with Gasteiger partial charge in [0.15, 0.2) is 5.96 Å². The third-order valence-corrected chi connectivity index (χ3v) is 5.84. The Labute approximate surface area is 213 Å². The predicted molar refractivity (Wildman–Crippen MR) is 139 cm³/mol. The van der Waals surface area contributed by atoms with Crippen LogP contribution in [0.3, 0.4) is 0 Å². The minimum atomic E-state index is -0.298. The number of carbonyl (C=O) groups excluding carboxylic acids is 1. The Morgan fingerprint density at radius 1 is 1.18 bits per heavy atom. The van der Waals surface area contributed by atoms with Crippen molar-refractivity contribution in [2.75, 3.05) is 45.9 Å². The second kappa shape index (κ2) is 15.4. The van der Waals surface area contributed by atoms with Crippen LogP contribution in [0.1, 0.15) is 44.6 Å². The number of carbonyl (C=O) groups is 1. The normalized spacial score (nSPS) is 19.6. The van der Waals surface area contributed by atoms with E-state index in [0.717, 1.165) is 57.0 Å². The van der Waals surface area contributed by atoms with Crippen LogP contribution in [0.2, 0.25) is 0 Å². The summed E-state index contributed by atoms with van der Waals surface area (Å²) in [6.07, 6.45) is 6.25. The maximum atomic E-state index is 13.0. The van der Waals surface area contributed by atoms with E-state index in [-0.39, 0.29) is 54.3 Å². The molecule has 1 amide bonds. The Balaban J connectivity index is 0.00000385. The molecule has 3 rings (SSSR count). The summed E-state index contributed by atoms with van der Waals surface area (Å²) < 4.78 is 24.8. The molecular formula is C24H38FIN4O3.